The van der Waals surface area contributed by atoms with Gasteiger partial charge in [-0.15, -0.1) is 0 Å². The minimum absolute atomic E-state index is 0.0830. The van der Waals surface area contributed by atoms with Crippen LogP contribution < -0.4 is 15.5 Å². The molecule has 0 aliphatic heterocycles. The third kappa shape index (κ3) is 7.99. The number of nitrogens with zero attached hydrogens (tertiary/aromatic N) is 1. The molecule has 6 heteroatoms. The summed E-state index contributed by atoms with van der Waals surface area (Å²) in [6.45, 7) is 10.8. The average Bonchev–Trinajstić information content (AvgIpc) is 2.63. The Morgan fingerprint density at radius 3 is 2.37 bits per heavy atom. The molecule has 0 radical (unpaired) electrons. The molecule has 27 heavy (non-hydrogen) atoms. The van der Waals surface area contributed by atoms with E-state index in [1.165, 1.54) is 0 Å². The number of hydrogen-bond donors (Lipinski definition) is 3. The molecule has 0 bridgehead atoms. The average molecular weight is 378 g/mol. The zero-order chi connectivity index (χ0) is 20.2. The summed E-state index contributed by atoms with van der Waals surface area (Å²) < 4.78 is 0. The Bertz CT molecular complexity index is 600. The van der Waals surface area contributed by atoms with Crippen molar-refractivity contribution in [1.82, 2.24) is 5.32 Å². The van der Waals surface area contributed by atoms with Crippen molar-refractivity contribution in [2.24, 2.45) is 0 Å². The molecule has 0 aliphatic carbocycles. The van der Waals surface area contributed by atoms with Crippen molar-refractivity contribution in [2.45, 2.75) is 65.8 Å². The Labute approximate surface area is 163 Å². The molecule has 0 fully saturated rings. The van der Waals surface area contributed by atoms with Crippen molar-refractivity contribution in [3.8, 4) is 0 Å². The Kier molecular flexibility index (Phi) is 10.5. The molecule has 1 rings (SSSR count). The highest BCUT2D eigenvalue weighted by molar-refractivity contribution is 5.94. The number of hydrogen-bond acceptors (Lipinski definition) is 4. The van der Waals surface area contributed by atoms with E-state index >= 15 is 0 Å². The summed E-state index contributed by atoms with van der Waals surface area (Å²) >= 11 is 0. The first kappa shape index (κ1) is 23.0. The van der Waals surface area contributed by atoms with Gasteiger partial charge in [-0.2, -0.15) is 0 Å². The number of nitrogens with one attached hydrogen (secondary N) is 2. The lowest BCUT2D eigenvalue weighted by Gasteiger charge is -2.22. The van der Waals surface area contributed by atoms with E-state index in [1.54, 1.807) is 0 Å². The van der Waals surface area contributed by atoms with Crippen LogP contribution in [0.25, 0.3) is 0 Å². The normalized spacial score (nSPS) is 11.9. The maximum absolute atomic E-state index is 12.3. The Hall–Kier alpha value is -2.08. The molecule has 0 saturated heterocycles. The van der Waals surface area contributed by atoms with Crippen molar-refractivity contribution in [3.63, 3.8) is 0 Å². The number of aryl methyl sites for hydroxylation is 1. The maximum atomic E-state index is 12.3. The SMILES string of the molecule is CCCCCCNC(CC(=O)Nc1ccc(N(CC)CC)cc1C)C(=O)O. The minimum Gasteiger partial charge on any atom is -0.480 e. The number of unbranched alkanes of at least 4 members (excludes halogenated alkanes) is 3. The molecule has 1 atom stereocenters. The van der Waals surface area contributed by atoms with Gasteiger partial charge < -0.3 is 20.6 Å². The molecule has 6 nitrogen and oxygen atoms in total. The van der Waals surface area contributed by atoms with Crippen LogP contribution in [-0.4, -0.2) is 42.7 Å². The van der Waals surface area contributed by atoms with Gasteiger partial charge in [0.15, 0.2) is 0 Å². The van der Waals surface area contributed by atoms with E-state index in [-0.39, 0.29) is 12.3 Å². The van der Waals surface area contributed by atoms with Gasteiger partial charge in [0.1, 0.15) is 6.04 Å². The minimum atomic E-state index is -0.991. The first-order chi connectivity index (χ1) is 12.9. The van der Waals surface area contributed by atoms with Gasteiger partial charge >= 0.3 is 5.97 Å². The van der Waals surface area contributed by atoms with Crippen molar-refractivity contribution in [2.75, 3.05) is 29.9 Å². The quantitative estimate of drug-likeness (QED) is 0.456. The van der Waals surface area contributed by atoms with Crippen LogP contribution in [0.1, 0.15) is 58.4 Å². The fraction of sp³-hybridized carbons (Fsp3) is 0.619. The van der Waals surface area contributed by atoms with Crippen molar-refractivity contribution >= 4 is 23.3 Å². The molecule has 1 unspecified atom stereocenters. The van der Waals surface area contributed by atoms with Crippen molar-refractivity contribution in [1.29, 1.82) is 0 Å². The summed E-state index contributed by atoms with van der Waals surface area (Å²) in [6.07, 6.45) is 4.19. The predicted molar refractivity (Wildman–Crippen MR) is 112 cm³/mol. The lowest BCUT2D eigenvalue weighted by atomic mass is 10.1. The topological polar surface area (TPSA) is 81.7 Å². The van der Waals surface area contributed by atoms with Crippen LogP contribution in [-0.2, 0) is 9.59 Å². The Balaban J connectivity index is 2.61. The Morgan fingerprint density at radius 2 is 1.81 bits per heavy atom. The molecule has 0 aliphatic rings. The van der Waals surface area contributed by atoms with Crippen LogP contribution >= 0.6 is 0 Å². The Morgan fingerprint density at radius 1 is 1.11 bits per heavy atom. The van der Waals surface area contributed by atoms with Gasteiger partial charge in [0.25, 0.3) is 0 Å². The number of rotatable bonds is 13. The van der Waals surface area contributed by atoms with E-state index in [4.69, 9.17) is 0 Å². The number of aliphatic carboxylic acids is 1. The number of carboxylic acid groups (broad SMARTS) is 1. The highest BCUT2D eigenvalue weighted by Crippen LogP contribution is 2.23. The first-order valence-corrected chi connectivity index (χ1v) is 10.0. The largest absolute Gasteiger partial charge is 0.480 e. The van der Waals surface area contributed by atoms with Crippen LogP contribution in [0.15, 0.2) is 18.2 Å². The van der Waals surface area contributed by atoms with Crippen LogP contribution in [0, 0.1) is 6.92 Å². The molecule has 0 aromatic heterocycles. The molecule has 0 saturated carbocycles. The lowest BCUT2D eigenvalue weighted by Crippen LogP contribution is -2.40. The van der Waals surface area contributed by atoms with E-state index < -0.39 is 12.0 Å². The van der Waals surface area contributed by atoms with E-state index in [2.05, 4.69) is 36.3 Å². The summed E-state index contributed by atoms with van der Waals surface area (Å²) in [7, 11) is 0. The van der Waals surface area contributed by atoms with Crippen LogP contribution in [0.4, 0.5) is 11.4 Å². The fourth-order valence-corrected chi connectivity index (χ4v) is 3.04. The van der Waals surface area contributed by atoms with Gasteiger partial charge in [0.05, 0.1) is 6.42 Å². The third-order valence-corrected chi connectivity index (χ3v) is 4.72. The number of carbonyl (C=O) groups excluding carboxylic acids is 1. The fourth-order valence-electron chi connectivity index (χ4n) is 3.04. The summed E-state index contributed by atoms with van der Waals surface area (Å²) in [6, 6.07) is 5.05. The zero-order valence-electron chi connectivity index (χ0n) is 17.2. The molecule has 3 N–H and O–H groups in total. The van der Waals surface area contributed by atoms with Gasteiger partial charge in [-0.25, -0.2) is 0 Å². The van der Waals surface area contributed by atoms with Crippen LogP contribution in [0.3, 0.4) is 0 Å². The van der Waals surface area contributed by atoms with E-state index in [0.29, 0.717) is 6.54 Å². The molecule has 0 spiro atoms. The molecule has 1 amide bonds. The van der Waals surface area contributed by atoms with Gasteiger partial charge in [0, 0.05) is 24.5 Å². The summed E-state index contributed by atoms with van der Waals surface area (Å²) in [5.74, 6) is -1.28. The zero-order valence-corrected chi connectivity index (χ0v) is 17.2. The molecule has 1 aromatic rings. The van der Waals surface area contributed by atoms with Gasteiger partial charge in [0.2, 0.25) is 5.91 Å². The molecular weight excluding hydrogens is 342 g/mol. The first-order valence-electron chi connectivity index (χ1n) is 10.0. The molecular formula is C21H35N3O3. The van der Waals surface area contributed by atoms with Crippen molar-refractivity contribution in [3.05, 3.63) is 23.8 Å². The summed E-state index contributed by atoms with van der Waals surface area (Å²) in [4.78, 5) is 26.0. The number of carboxylic acids is 1. The van der Waals surface area contributed by atoms with Crippen molar-refractivity contribution < 1.29 is 14.7 Å². The van der Waals surface area contributed by atoms with Gasteiger partial charge in [-0.3, -0.25) is 9.59 Å². The van der Waals surface area contributed by atoms with Crippen LogP contribution in [0.5, 0.6) is 0 Å². The monoisotopic (exact) mass is 377 g/mol. The molecule has 0 heterocycles. The smallest absolute Gasteiger partial charge is 0.321 e. The van der Waals surface area contributed by atoms with E-state index in [9.17, 15) is 14.7 Å². The number of carbonyl (C=O) groups is 2. The summed E-state index contributed by atoms with van der Waals surface area (Å²) in [5, 5.41) is 15.2. The van der Waals surface area contributed by atoms with Crippen LogP contribution in [0.2, 0.25) is 0 Å². The molecule has 152 valence electrons. The second kappa shape index (κ2) is 12.3. The number of anilines is 2. The second-order valence-corrected chi connectivity index (χ2v) is 6.83. The van der Waals surface area contributed by atoms with Gasteiger partial charge in [-0.05, 0) is 57.5 Å². The maximum Gasteiger partial charge on any atom is 0.321 e. The summed E-state index contributed by atoms with van der Waals surface area (Å²) in [5.41, 5.74) is 2.81. The standard InChI is InChI=1S/C21H35N3O3/c1-5-8-9-10-13-22-19(21(26)27)15-20(25)23-18-12-11-17(14-16(18)4)24(6-2)7-3/h11-12,14,19,22H,5-10,13,15H2,1-4H3,(H,23,25)(H,26,27). The highest BCUT2D eigenvalue weighted by atomic mass is 16.4. The second-order valence-electron chi connectivity index (χ2n) is 6.83. The highest BCUT2D eigenvalue weighted by Gasteiger charge is 2.20. The van der Waals surface area contributed by atoms with Gasteiger partial charge in [-0.1, -0.05) is 26.2 Å². The number of amides is 1. The third-order valence-electron chi connectivity index (χ3n) is 4.72. The molecule has 1 aromatic carbocycles. The van der Waals surface area contributed by atoms with E-state index in [1.807, 2.05) is 25.1 Å². The van der Waals surface area contributed by atoms with E-state index in [0.717, 1.165) is 55.7 Å². The predicted octanol–water partition coefficient (Wildman–Crippen LogP) is 3.79. The lowest BCUT2D eigenvalue weighted by molar-refractivity contribution is -0.141. The number of benzene rings is 1.